The average Bonchev–Trinajstić information content (AvgIpc) is 2.54. The van der Waals surface area contributed by atoms with Gasteiger partial charge in [0.1, 0.15) is 11.3 Å². The molecule has 0 spiro atoms. The summed E-state index contributed by atoms with van der Waals surface area (Å²) in [5.74, 6) is -0.774. The number of nitroso groups, excluding NO2 is 1. The maximum absolute atomic E-state index is 12.6. The number of para-hydroxylation sites is 1. The van der Waals surface area contributed by atoms with E-state index in [1.807, 2.05) is 0 Å². The van der Waals surface area contributed by atoms with Crippen molar-refractivity contribution >= 4 is 11.7 Å². The fraction of sp³-hybridized carbons (Fsp3) is 0.133. The molecule has 0 heterocycles. The van der Waals surface area contributed by atoms with E-state index in [-0.39, 0.29) is 17.1 Å². The van der Waals surface area contributed by atoms with E-state index in [0.717, 1.165) is 12.1 Å². The molecule has 0 aliphatic carbocycles. The topological polar surface area (TPSA) is 66.6 Å². The van der Waals surface area contributed by atoms with Gasteiger partial charge in [0, 0.05) is 16.2 Å². The SMILES string of the molecule is COC(=O)c1ccccc1Oc1ccc(C(F)(F)F)cc1[NH+]=O. The second-order valence-electron chi connectivity index (χ2n) is 4.40. The number of rotatable bonds is 4. The first-order valence-corrected chi connectivity index (χ1v) is 6.31. The molecule has 23 heavy (non-hydrogen) atoms. The van der Waals surface area contributed by atoms with Crippen LogP contribution in [0.5, 0.6) is 11.5 Å². The number of benzene rings is 2. The molecule has 0 aliphatic heterocycles. The minimum absolute atomic E-state index is 0.0515. The number of hydrogen-bond donors (Lipinski definition) is 1. The van der Waals surface area contributed by atoms with Crippen LogP contribution in [-0.4, -0.2) is 13.1 Å². The van der Waals surface area contributed by atoms with Crippen molar-refractivity contribution in [1.29, 1.82) is 0 Å². The summed E-state index contributed by atoms with van der Waals surface area (Å²) in [5.41, 5.74) is -1.32. The predicted molar refractivity (Wildman–Crippen MR) is 73.3 cm³/mol. The lowest BCUT2D eigenvalue weighted by atomic mass is 10.1. The van der Waals surface area contributed by atoms with E-state index >= 15 is 0 Å². The van der Waals surface area contributed by atoms with E-state index in [9.17, 15) is 22.9 Å². The lowest BCUT2D eigenvalue weighted by Gasteiger charge is -2.10. The molecule has 0 radical (unpaired) electrons. The van der Waals surface area contributed by atoms with Crippen molar-refractivity contribution in [3.8, 4) is 11.5 Å². The second kappa shape index (κ2) is 6.47. The molecule has 2 aromatic carbocycles. The molecule has 0 saturated heterocycles. The number of halogens is 3. The minimum atomic E-state index is -4.59. The number of carbonyl (C=O) groups excluding carboxylic acids is 1. The summed E-state index contributed by atoms with van der Waals surface area (Å²) < 4.78 is 47.9. The third-order valence-electron chi connectivity index (χ3n) is 2.93. The number of nitrogens with one attached hydrogen (secondary N) is 1. The number of carbonyl (C=O) groups is 1. The third-order valence-corrected chi connectivity index (χ3v) is 2.93. The van der Waals surface area contributed by atoms with Crippen molar-refractivity contribution < 1.29 is 32.6 Å². The molecule has 0 fully saturated rings. The monoisotopic (exact) mass is 326 g/mol. The quantitative estimate of drug-likeness (QED) is 0.878. The van der Waals surface area contributed by atoms with Crippen molar-refractivity contribution in [2.45, 2.75) is 6.18 Å². The Morgan fingerprint density at radius 2 is 1.78 bits per heavy atom. The van der Waals surface area contributed by atoms with Gasteiger partial charge in [0.2, 0.25) is 5.75 Å². The standard InChI is InChI=1S/C15H10F3NO4/c1-22-14(20)10-4-2-3-5-12(10)23-13-7-6-9(15(16,17)18)8-11(13)19-21/h2-8H,1H3/p+1. The summed E-state index contributed by atoms with van der Waals surface area (Å²) in [6, 6.07) is 8.39. The van der Waals surface area contributed by atoms with Crippen LogP contribution in [0.25, 0.3) is 0 Å². The largest absolute Gasteiger partial charge is 0.465 e. The van der Waals surface area contributed by atoms with Gasteiger partial charge in [-0.3, -0.25) is 0 Å². The Hall–Kier alpha value is -2.90. The average molecular weight is 326 g/mol. The van der Waals surface area contributed by atoms with Crippen LogP contribution in [0.4, 0.5) is 18.9 Å². The summed E-state index contributed by atoms with van der Waals surface area (Å²) in [4.78, 5) is 22.5. The van der Waals surface area contributed by atoms with Gasteiger partial charge < -0.3 is 9.47 Å². The number of alkyl halides is 3. The zero-order valence-corrected chi connectivity index (χ0v) is 11.8. The predicted octanol–water partition coefficient (Wildman–Crippen LogP) is 2.76. The highest BCUT2D eigenvalue weighted by Crippen LogP contribution is 2.35. The van der Waals surface area contributed by atoms with Crippen LogP contribution in [0, 0.1) is 4.91 Å². The normalized spacial score (nSPS) is 11.0. The zero-order chi connectivity index (χ0) is 17.0. The number of methoxy groups -OCH3 is 1. The Morgan fingerprint density at radius 1 is 1.09 bits per heavy atom. The third kappa shape index (κ3) is 3.65. The van der Waals surface area contributed by atoms with E-state index < -0.39 is 23.4 Å². The molecule has 5 nitrogen and oxygen atoms in total. The number of esters is 1. The van der Waals surface area contributed by atoms with Gasteiger partial charge in [-0.25, -0.2) is 4.79 Å². The molecule has 0 unspecified atom stereocenters. The van der Waals surface area contributed by atoms with Crippen LogP contribution in [0.3, 0.4) is 0 Å². The molecule has 0 aromatic heterocycles. The van der Waals surface area contributed by atoms with E-state index in [4.69, 9.17) is 4.74 Å². The Balaban J connectivity index is 2.42. The summed E-state index contributed by atoms with van der Waals surface area (Å²) >= 11 is 0. The van der Waals surface area contributed by atoms with Crippen molar-refractivity contribution in [2.24, 2.45) is 0 Å². The number of ether oxygens (including phenoxy) is 2. The molecule has 1 N–H and O–H groups in total. The van der Waals surface area contributed by atoms with Gasteiger partial charge in [0.05, 0.1) is 12.7 Å². The minimum Gasteiger partial charge on any atom is -0.465 e. The summed E-state index contributed by atoms with van der Waals surface area (Å²) in [5, 5.41) is 1.40. The van der Waals surface area contributed by atoms with Crippen molar-refractivity contribution in [3.63, 3.8) is 0 Å². The molecule has 0 atom stereocenters. The first-order chi connectivity index (χ1) is 10.9. The lowest BCUT2D eigenvalue weighted by Crippen LogP contribution is -2.56. The number of hydrogen-bond acceptors (Lipinski definition) is 4. The Labute approximate surface area is 128 Å². The van der Waals surface area contributed by atoms with Crippen molar-refractivity contribution in [3.05, 3.63) is 58.5 Å². The first-order valence-electron chi connectivity index (χ1n) is 6.31. The van der Waals surface area contributed by atoms with Crippen LogP contribution in [0.15, 0.2) is 42.5 Å². The molecule has 2 aromatic rings. The molecule has 2 rings (SSSR count). The Morgan fingerprint density at radius 3 is 2.39 bits per heavy atom. The summed E-state index contributed by atoms with van der Waals surface area (Å²) in [6.07, 6.45) is -4.59. The molecule has 8 heteroatoms. The van der Waals surface area contributed by atoms with Gasteiger partial charge in [-0.1, -0.05) is 12.1 Å². The summed E-state index contributed by atoms with van der Waals surface area (Å²) in [6.45, 7) is 0. The van der Waals surface area contributed by atoms with Gasteiger partial charge in [-0.15, -0.1) is 0 Å². The second-order valence-corrected chi connectivity index (χ2v) is 4.40. The highest BCUT2D eigenvalue weighted by atomic mass is 19.4. The van der Waals surface area contributed by atoms with E-state index in [1.165, 1.54) is 24.4 Å². The van der Waals surface area contributed by atoms with Gasteiger partial charge in [0.25, 0.3) is 5.69 Å². The van der Waals surface area contributed by atoms with Gasteiger partial charge in [-0.05, 0) is 24.3 Å². The van der Waals surface area contributed by atoms with Gasteiger partial charge in [0.15, 0.2) is 0 Å². The molecule has 0 saturated carbocycles. The van der Waals surface area contributed by atoms with Crippen LogP contribution < -0.4 is 9.91 Å². The first kappa shape index (κ1) is 16.5. The fourth-order valence-electron chi connectivity index (χ4n) is 1.83. The van der Waals surface area contributed by atoms with Crippen LogP contribution >= 0.6 is 0 Å². The van der Waals surface area contributed by atoms with E-state index in [1.54, 1.807) is 12.1 Å². The van der Waals surface area contributed by atoms with Crippen LogP contribution in [-0.2, 0) is 10.9 Å². The molecular weight excluding hydrogens is 315 g/mol. The highest BCUT2D eigenvalue weighted by molar-refractivity contribution is 5.92. The van der Waals surface area contributed by atoms with E-state index in [2.05, 4.69) is 4.74 Å². The van der Waals surface area contributed by atoms with Crippen LogP contribution in [0.1, 0.15) is 15.9 Å². The molecule has 0 aliphatic rings. The van der Waals surface area contributed by atoms with Crippen molar-refractivity contribution in [2.75, 3.05) is 7.11 Å². The van der Waals surface area contributed by atoms with Gasteiger partial charge >= 0.3 is 12.1 Å². The Kier molecular flexibility index (Phi) is 4.63. The van der Waals surface area contributed by atoms with Crippen molar-refractivity contribution in [1.82, 2.24) is 0 Å². The highest BCUT2D eigenvalue weighted by Gasteiger charge is 2.32. The van der Waals surface area contributed by atoms with Gasteiger partial charge in [-0.2, -0.15) is 13.2 Å². The van der Waals surface area contributed by atoms with Crippen LogP contribution in [0.2, 0.25) is 0 Å². The van der Waals surface area contributed by atoms with E-state index in [0.29, 0.717) is 6.07 Å². The summed E-state index contributed by atoms with van der Waals surface area (Å²) in [7, 11) is 1.18. The smallest absolute Gasteiger partial charge is 0.416 e. The zero-order valence-electron chi connectivity index (χ0n) is 11.8. The molecule has 120 valence electrons. The maximum atomic E-state index is 12.6. The molecule has 0 bridgehead atoms. The molecule has 0 amide bonds. The Bertz CT molecular complexity index is 744. The maximum Gasteiger partial charge on any atom is 0.416 e. The lowest BCUT2D eigenvalue weighted by molar-refractivity contribution is -0.380. The molecular formula is C15H11F3NO4+. The fourth-order valence-corrected chi connectivity index (χ4v) is 1.83.